The number of amides is 2. The Balaban J connectivity index is 1.11. The van der Waals surface area contributed by atoms with Gasteiger partial charge in [-0.1, -0.05) is 23.8 Å². The maximum atomic E-state index is 13.2. The topological polar surface area (TPSA) is 122 Å². The number of benzene rings is 1. The third kappa shape index (κ3) is 4.46. The smallest absolute Gasteiger partial charge is 0.273 e. The number of nitrogens with one attached hydrogen (secondary N) is 1. The first kappa shape index (κ1) is 23.6. The summed E-state index contributed by atoms with van der Waals surface area (Å²) in [5.74, 6) is 0.492. The lowest BCUT2D eigenvalue weighted by Crippen LogP contribution is -2.58. The highest BCUT2D eigenvalue weighted by molar-refractivity contribution is 5.98. The van der Waals surface area contributed by atoms with Gasteiger partial charge in [-0.3, -0.25) is 14.5 Å². The van der Waals surface area contributed by atoms with Crippen molar-refractivity contribution in [2.24, 2.45) is 0 Å². The number of aromatic nitrogens is 4. The lowest BCUT2D eigenvalue weighted by Gasteiger charge is -2.43. The van der Waals surface area contributed by atoms with Crippen LogP contribution in [0.4, 0.5) is 11.5 Å². The first-order chi connectivity index (χ1) is 18.0. The molecule has 2 aliphatic heterocycles. The fourth-order valence-electron chi connectivity index (χ4n) is 6.03. The molecule has 2 atom stereocenters. The SMILES string of the molecule is Cc1cc(Cn2cc(C(=O)N[C@@H]3CCc4c3ccnc4N)nn2)ccc1N1CCN2CCCCC2C1=O. The van der Waals surface area contributed by atoms with Crippen LogP contribution in [0.2, 0.25) is 0 Å². The Kier molecular flexibility index (Phi) is 6.11. The summed E-state index contributed by atoms with van der Waals surface area (Å²) in [6, 6.07) is 7.97. The third-order valence-electron chi connectivity index (χ3n) is 7.93. The highest BCUT2D eigenvalue weighted by Crippen LogP contribution is 2.33. The van der Waals surface area contributed by atoms with Crippen LogP contribution in [0.15, 0.2) is 36.7 Å². The van der Waals surface area contributed by atoms with E-state index in [1.165, 1.54) is 6.42 Å². The molecular formula is C27H32N8O2. The zero-order valence-electron chi connectivity index (χ0n) is 21.1. The van der Waals surface area contributed by atoms with Crippen molar-refractivity contribution in [1.82, 2.24) is 30.2 Å². The van der Waals surface area contributed by atoms with E-state index in [1.54, 1.807) is 17.1 Å². The molecule has 1 unspecified atom stereocenters. The molecule has 2 fully saturated rings. The van der Waals surface area contributed by atoms with Crippen molar-refractivity contribution in [3.63, 3.8) is 0 Å². The number of nitrogen functional groups attached to an aromatic ring is 1. The Morgan fingerprint density at radius 1 is 1.16 bits per heavy atom. The quantitative estimate of drug-likeness (QED) is 0.551. The van der Waals surface area contributed by atoms with Gasteiger partial charge in [-0.25, -0.2) is 9.67 Å². The number of nitrogens with two attached hydrogens (primary N) is 1. The van der Waals surface area contributed by atoms with Crippen molar-refractivity contribution in [2.45, 2.75) is 57.7 Å². The minimum atomic E-state index is -0.258. The van der Waals surface area contributed by atoms with E-state index in [1.807, 2.05) is 30.0 Å². The number of anilines is 2. The zero-order chi connectivity index (χ0) is 25.5. The van der Waals surface area contributed by atoms with Gasteiger partial charge in [0.1, 0.15) is 5.82 Å². The van der Waals surface area contributed by atoms with Crippen molar-refractivity contribution in [1.29, 1.82) is 0 Å². The number of hydrogen-bond donors (Lipinski definition) is 2. The van der Waals surface area contributed by atoms with Gasteiger partial charge in [0.2, 0.25) is 5.91 Å². The standard InChI is InChI=1S/C27H32N8O2/c1-17-14-18(5-8-23(17)35-13-12-33-11-3-2-4-24(33)27(35)37)15-34-16-22(31-32-34)26(36)30-21-7-6-20-19(21)9-10-29-25(20)28/h5,8-10,14,16,21,24H,2-4,6-7,11-13,15H2,1H3,(H2,28,29)(H,30,36)/t21-,24?/m1/s1. The molecule has 0 bridgehead atoms. The second-order valence-electron chi connectivity index (χ2n) is 10.3. The lowest BCUT2D eigenvalue weighted by atomic mass is 9.97. The van der Waals surface area contributed by atoms with Gasteiger partial charge in [-0.2, -0.15) is 0 Å². The molecule has 37 heavy (non-hydrogen) atoms. The van der Waals surface area contributed by atoms with E-state index < -0.39 is 0 Å². The van der Waals surface area contributed by atoms with Gasteiger partial charge < -0.3 is 16.0 Å². The van der Waals surface area contributed by atoms with Crippen LogP contribution in [0.3, 0.4) is 0 Å². The Labute approximate surface area is 215 Å². The van der Waals surface area contributed by atoms with Gasteiger partial charge in [-0.15, -0.1) is 5.10 Å². The highest BCUT2D eigenvalue weighted by atomic mass is 16.2. The average molecular weight is 501 g/mol. The van der Waals surface area contributed by atoms with E-state index in [0.29, 0.717) is 12.4 Å². The molecular weight excluding hydrogens is 468 g/mol. The van der Waals surface area contributed by atoms with Gasteiger partial charge in [0.15, 0.2) is 5.69 Å². The number of rotatable bonds is 5. The molecule has 0 radical (unpaired) electrons. The van der Waals surface area contributed by atoms with Crippen molar-refractivity contribution < 1.29 is 9.59 Å². The molecule has 10 nitrogen and oxygen atoms in total. The molecule has 2 aromatic heterocycles. The van der Waals surface area contributed by atoms with Crippen molar-refractivity contribution >= 4 is 23.3 Å². The molecule has 2 saturated heterocycles. The molecule has 6 rings (SSSR count). The zero-order valence-corrected chi connectivity index (χ0v) is 21.1. The van der Waals surface area contributed by atoms with E-state index in [2.05, 4.69) is 31.6 Å². The van der Waals surface area contributed by atoms with E-state index in [-0.39, 0.29) is 29.6 Å². The van der Waals surface area contributed by atoms with E-state index in [9.17, 15) is 9.59 Å². The summed E-state index contributed by atoms with van der Waals surface area (Å²) in [7, 11) is 0. The van der Waals surface area contributed by atoms with Crippen LogP contribution in [0.25, 0.3) is 0 Å². The largest absolute Gasteiger partial charge is 0.383 e. The fourth-order valence-corrected chi connectivity index (χ4v) is 6.03. The van der Waals surface area contributed by atoms with Crippen LogP contribution in [-0.2, 0) is 17.8 Å². The maximum absolute atomic E-state index is 13.2. The van der Waals surface area contributed by atoms with Gasteiger partial charge in [-0.05, 0) is 73.5 Å². The molecule has 2 amide bonds. The normalized spacial score (nSPS) is 21.5. The highest BCUT2D eigenvalue weighted by Gasteiger charge is 2.37. The van der Waals surface area contributed by atoms with Crippen molar-refractivity contribution in [2.75, 3.05) is 30.3 Å². The number of carbonyl (C=O) groups is 2. The number of hydrogen-bond acceptors (Lipinski definition) is 7. The number of fused-ring (bicyclic) bond motifs is 2. The minimum Gasteiger partial charge on any atom is -0.383 e. The number of piperidine rings is 1. The fraction of sp³-hybridized carbons (Fsp3) is 0.444. The number of nitrogens with zero attached hydrogens (tertiary/aromatic N) is 6. The number of piperazine rings is 1. The van der Waals surface area contributed by atoms with Crippen LogP contribution < -0.4 is 16.0 Å². The first-order valence-electron chi connectivity index (χ1n) is 13.1. The summed E-state index contributed by atoms with van der Waals surface area (Å²) >= 11 is 0. The summed E-state index contributed by atoms with van der Waals surface area (Å²) in [6.07, 6.45) is 8.18. The number of pyridine rings is 1. The molecule has 1 aliphatic carbocycles. The summed E-state index contributed by atoms with van der Waals surface area (Å²) in [5, 5.41) is 11.3. The second-order valence-corrected chi connectivity index (χ2v) is 10.3. The van der Waals surface area contributed by atoms with Crippen LogP contribution in [-0.4, -0.2) is 62.4 Å². The molecule has 4 heterocycles. The minimum absolute atomic E-state index is 0.0213. The Morgan fingerprint density at radius 3 is 2.92 bits per heavy atom. The summed E-state index contributed by atoms with van der Waals surface area (Å²) < 4.78 is 1.67. The van der Waals surface area contributed by atoms with E-state index in [4.69, 9.17) is 5.73 Å². The van der Waals surface area contributed by atoms with Gasteiger partial charge >= 0.3 is 0 Å². The molecule has 3 aromatic rings. The number of carbonyl (C=O) groups excluding carboxylic acids is 2. The molecule has 0 spiro atoms. The molecule has 3 aliphatic rings. The molecule has 1 aromatic carbocycles. The summed E-state index contributed by atoms with van der Waals surface area (Å²) in [4.78, 5) is 34.5. The van der Waals surface area contributed by atoms with Gasteiger partial charge in [0.25, 0.3) is 5.91 Å². The Morgan fingerprint density at radius 2 is 2.05 bits per heavy atom. The van der Waals surface area contributed by atoms with Crippen LogP contribution in [0, 0.1) is 6.92 Å². The van der Waals surface area contributed by atoms with Crippen molar-refractivity contribution in [3.05, 3.63) is 64.6 Å². The van der Waals surface area contributed by atoms with Gasteiger partial charge in [0, 0.05) is 25.0 Å². The van der Waals surface area contributed by atoms with Crippen LogP contribution >= 0.6 is 0 Å². The molecule has 192 valence electrons. The Bertz CT molecular complexity index is 1350. The lowest BCUT2D eigenvalue weighted by molar-refractivity contribution is -0.127. The predicted octanol–water partition coefficient (Wildman–Crippen LogP) is 2.23. The monoisotopic (exact) mass is 500 g/mol. The third-order valence-corrected chi connectivity index (χ3v) is 7.93. The van der Waals surface area contributed by atoms with Crippen molar-refractivity contribution in [3.8, 4) is 0 Å². The summed E-state index contributed by atoms with van der Waals surface area (Å²) in [6.45, 7) is 5.21. The molecule has 3 N–H and O–H groups in total. The number of aryl methyl sites for hydroxylation is 1. The summed E-state index contributed by atoms with van der Waals surface area (Å²) in [5.41, 5.74) is 11.4. The maximum Gasteiger partial charge on any atom is 0.273 e. The van der Waals surface area contributed by atoms with E-state index in [0.717, 1.165) is 73.3 Å². The predicted molar refractivity (Wildman–Crippen MR) is 139 cm³/mol. The average Bonchev–Trinajstić information content (AvgIpc) is 3.53. The first-order valence-corrected chi connectivity index (χ1v) is 13.1. The van der Waals surface area contributed by atoms with Gasteiger partial charge in [0.05, 0.1) is 24.8 Å². The Hall–Kier alpha value is -3.79. The van der Waals surface area contributed by atoms with Crippen LogP contribution in [0.5, 0.6) is 0 Å². The molecule has 10 heteroatoms. The molecule has 0 saturated carbocycles. The second kappa shape index (κ2) is 9.59. The van der Waals surface area contributed by atoms with Crippen LogP contribution in [0.1, 0.15) is 64.5 Å². The van der Waals surface area contributed by atoms with E-state index >= 15 is 0 Å².